The van der Waals surface area contributed by atoms with Crippen LogP contribution in [0.4, 0.5) is 0 Å². The highest BCUT2D eigenvalue weighted by molar-refractivity contribution is 4.76. The average molecular weight is 215 g/mol. The molecule has 0 spiro atoms. The molecule has 0 aliphatic heterocycles. The summed E-state index contributed by atoms with van der Waals surface area (Å²) in [5.74, 6) is 0.698. The molecule has 0 bridgehead atoms. The van der Waals surface area contributed by atoms with E-state index < -0.39 is 0 Å². The van der Waals surface area contributed by atoms with E-state index in [-0.39, 0.29) is 5.60 Å². The summed E-state index contributed by atoms with van der Waals surface area (Å²) in [6.07, 6.45) is 3.51. The van der Waals surface area contributed by atoms with Gasteiger partial charge in [0.15, 0.2) is 0 Å². The smallest absolute Gasteiger partial charge is 0.0623 e. The summed E-state index contributed by atoms with van der Waals surface area (Å²) in [5.41, 5.74) is 0.0149. The van der Waals surface area contributed by atoms with Crippen LogP contribution in [0.15, 0.2) is 0 Å². The normalized spacial score (nSPS) is 14.6. The quantitative estimate of drug-likeness (QED) is 0.671. The largest absolute Gasteiger partial charge is 0.379 e. The number of hydrogen-bond donors (Lipinski definition) is 1. The van der Waals surface area contributed by atoms with Crippen LogP contribution in [0.1, 0.15) is 53.9 Å². The van der Waals surface area contributed by atoms with Crippen molar-refractivity contribution < 1.29 is 4.74 Å². The van der Waals surface area contributed by atoms with Gasteiger partial charge in [0.2, 0.25) is 0 Å². The first-order chi connectivity index (χ1) is 6.93. The molecular formula is C13H29NO. The van der Waals surface area contributed by atoms with Gasteiger partial charge >= 0.3 is 0 Å². The van der Waals surface area contributed by atoms with Crippen molar-refractivity contribution in [2.75, 3.05) is 13.7 Å². The highest BCUT2D eigenvalue weighted by Gasteiger charge is 2.20. The predicted octanol–water partition coefficient (Wildman–Crippen LogP) is 3.22. The van der Waals surface area contributed by atoms with Gasteiger partial charge in [-0.2, -0.15) is 0 Å². The van der Waals surface area contributed by atoms with Gasteiger partial charge in [-0.05, 0) is 45.6 Å². The predicted molar refractivity (Wildman–Crippen MR) is 67.2 cm³/mol. The third kappa shape index (κ3) is 6.91. The molecule has 1 atom stereocenters. The Balaban J connectivity index is 3.95. The Kier molecular flexibility index (Phi) is 7.20. The topological polar surface area (TPSA) is 21.3 Å². The maximum absolute atomic E-state index is 5.44. The maximum atomic E-state index is 5.44. The molecular weight excluding hydrogens is 186 g/mol. The summed E-state index contributed by atoms with van der Waals surface area (Å²) in [6.45, 7) is 12.2. The molecule has 1 unspecified atom stereocenters. The van der Waals surface area contributed by atoms with Crippen molar-refractivity contribution >= 4 is 0 Å². The van der Waals surface area contributed by atoms with Crippen molar-refractivity contribution in [3.63, 3.8) is 0 Å². The van der Waals surface area contributed by atoms with Crippen LogP contribution in [0.3, 0.4) is 0 Å². The van der Waals surface area contributed by atoms with Crippen LogP contribution < -0.4 is 5.32 Å². The van der Waals surface area contributed by atoms with Crippen molar-refractivity contribution in [2.24, 2.45) is 5.92 Å². The van der Waals surface area contributed by atoms with E-state index in [4.69, 9.17) is 4.74 Å². The van der Waals surface area contributed by atoms with Crippen molar-refractivity contribution in [1.29, 1.82) is 0 Å². The number of methoxy groups -OCH3 is 1. The van der Waals surface area contributed by atoms with E-state index in [1.807, 2.05) is 0 Å². The minimum atomic E-state index is 0.0149. The molecule has 0 aromatic heterocycles. The highest BCUT2D eigenvalue weighted by Crippen LogP contribution is 2.19. The summed E-state index contributed by atoms with van der Waals surface area (Å²) in [6, 6.07) is 0.624. The lowest BCUT2D eigenvalue weighted by Crippen LogP contribution is -2.36. The Hall–Kier alpha value is -0.0800. The second kappa shape index (κ2) is 7.24. The second-order valence-corrected chi connectivity index (χ2v) is 5.31. The molecule has 92 valence electrons. The number of nitrogens with one attached hydrogen (secondary N) is 1. The van der Waals surface area contributed by atoms with Gasteiger partial charge in [0.25, 0.3) is 0 Å². The first-order valence-electron chi connectivity index (χ1n) is 6.21. The summed E-state index contributed by atoms with van der Waals surface area (Å²) < 4.78 is 5.44. The molecule has 0 aliphatic rings. The Bertz CT molecular complexity index is 155. The molecule has 0 aromatic rings. The van der Waals surface area contributed by atoms with Gasteiger partial charge < -0.3 is 10.1 Å². The number of ether oxygens (including phenoxy) is 1. The van der Waals surface area contributed by atoms with E-state index in [0.717, 1.165) is 13.0 Å². The van der Waals surface area contributed by atoms with Crippen LogP contribution in [0.25, 0.3) is 0 Å². The lowest BCUT2D eigenvalue weighted by molar-refractivity contribution is 0.0106. The second-order valence-electron chi connectivity index (χ2n) is 5.31. The van der Waals surface area contributed by atoms with Crippen LogP contribution in [0.2, 0.25) is 0 Å². The molecule has 0 fully saturated rings. The molecule has 0 amide bonds. The Morgan fingerprint density at radius 2 is 1.87 bits per heavy atom. The van der Waals surface area contributed by atoms with E-state index in [2.05, 4.69) is 39.9 Å². The summed E-state index contributed by atoms with van der Waals surface area (Å²) in [5, 5.41) is 3.61. The minimum absolute atomic E-state index is 0.0149. The molecule has 0 aliphatic carbocycles. The van der Waals surface area contributed by atoms with Gasteiger partial charge in [0.05, 0.1) is 5.60 Å². The van der Waals surface area contributed by atoms with E-state index >= 15 is 0 Å². The van der Waals surface area contributed by atoms with Crippen molar-refractivity contribution in [3.8, 4) is 0 Å². The van der Waals surface area contributed by atoms with Crippen LogP contribution in [0, 0.1) is 5.92 Å². The van der Waals surface area contributed by atoms with Crippen LogP contribution in [-0.4, -0.2) is 25.3 Å². The zero-order valence-corrected chi connectivity index (χ0v) is 11.4. The van der Waals surface area contributed by atoms with Crippen molar-refractivity contribution in [2.45, 2.75) is 65.5 Å². The Morgan fingerprint density at radius 1 is 1.27 bits per heavy atom. The van der Waals surface area contributed by atoms with Crippen LogP contribution in [-0.2, 0) is 4.74 Å². The van der Waals surface area contributed by atoms with Crippen molar-refractivity contribution in [3.05, 3.63) is 0 Å². The van der Waals surface area contributed by atoms with Gasteiger partial charge in [-0.3, -0.25) is 0 Å². The SMILES string of the molecule is CCCNC(CCC(C)(C)OC)C(C)C. The molecule has 0 heterocycles. The molecule has 0 aromatic carbocycles. The van der Waals surface area contributed by atoms with E-state index in [1.165, 1.54) is 12.8 Å². The zero-order chi connectivity index (χ0) is 11.9. The first-order valence-corrected chi connectivity index (χ1v) is 6.21. The summed E-state index contributed by atoms with van der Waals surface area (Å²) >= 11 is 0. The Morgan fingerprint density at radius 3 is 2.27 bits per heavy atom. The van der Waals surface area contributed by atoms with E-state index in [9.17, 15) is 0 Å². The van der Waals surface area contributed by atoms with Crippen LogP contribution >= 0.6 is 0 Å². The van der Waals surface area contributed by atoms with Crippen LogP contribution in [0.5, 0.6) is 0 Å². The first kappa shape index (κ1) is 14.9. The molecule has 1 N–H and O–H groups in total. The standard InChI is InChI=1S/C13H29NO/c1-7-10-14-12(11(2)3)8-9-13(4,5)15-6/h11-12,14H,7-10H2,1-6H3. The van der Waals surface area contributed by atoms with E-state index in [0.29, 0.717) is 12.0 Å². The third-order valence-electron chi connectivity index (χ3n) is 3.07. The van der Waals surface area contributed by atoms with Gasteiger partial charge in [0, 0.05) is 13.2 Å². The minimum Gasteiger partial charge on any atom is -0.379 e. The summed E-state index contributed by atoms with van der Waals surface area (Å²) in [4.78, 5) is 0. The fraction of sp³-hybridized carbons (Fsp3) is 1.00. The fourth-order valence-corrected chi connectivity index (χ4v) is 1.61. The average Bonchev–Trinajstić information content (AvgIpc) is 2.17. The lowest BCUT2D eigenvalue weighted by atomic mass is 9.93. The third-order valence-corrected chi connectivity index (χ3v) is 3.07. The number of rotatable bonds is 8. The molecule has 0 rings (SSSR count). The maximum Gasteiger partial charge on any atom is 0.0623 e. The monoisotopic (exact) mass is 215 g/mol. The van der Waals surface area contributed by atoms with E-state index in [1.54, 1.807) is 7.11 Å². The summed E-state index contributed by atoms with van der Waals surface area (Å²) in [7, 11) is 1.80. The van der Waals surface area contributed by atoms with Gasteiger partial charge in [-0.15, -0.1) is 0 Å². The fourth-order valence-electron chi connectivity index (χ4n) is 1.61. The van der Waals surface area contributed by atoms with Gasteiger partial charge in [0.1, 0.15) is 0 Å². The van der Waals surface area contributed by atoms with Gasteiger partial charge in [-0.25, -0.2) is 0 Å². The lowest BCUT2D eigenvalue weighted by Gasteiger charge is -2.28. The highest BCUT2D eigenvalue weighted by atomic mass is 16.5. The molecule has 0 radical (unpaired) electrons. The Labute approximate surface area is 95.8 Å². The number of hydrogen-bond acceptors (Lipinski definition) is 2. The molecule has 2 heteroatoms. The molecule has 15 heavy (non-hydrogen) atoms. The zero-order valence-electron chi connectivity index (χ0n) is 11.4. The molecule has 2 nitrogen and oxygen atoms in total. The molecule has 0 saturated carbocycles. The van der Waals surface area contributed by atoms with Crippen molar-refractivity contribution in [1.82, 2.24) is 5.32 Å². The van der Waals surface area contributed by atoms with Gasteiger partial charge in [-0.1, -0.05) is 20.8 Å². The molecule has 0 saturated heterocycles.